The van der Waals surface area contributed by atoms with E-state index in [2.05, 4.69) is 15.0 Å². The number of benzene rings is 1. The molecule has 4 heteroatoms. The molecule has 0 aliphatic heterocycles. The summed E-state index contributed by atoms with van der Waals surface area (Å²) in [5.41, 5.74) is 2.77. The van der Waals surface area contributed by atoms with Gasteiger partial charge in [0.1, 0.15) is 5.82 Å². The Kier molecular flexibility index (Phi) is 2.78. The fourth-order valence-corrected chi connectivity index (χ4v) is 1.99. The van der Waals surface area contributed by atoms with Gasteiger partial charge in [-0.05, 0) is 29.8 Å². The van der Waals surface area contributed by atoms with Gasteiger partial charge < -0.3 is 10.1 Å². The standard InChI is InChI=1S/C14H13N3O/c18-13(10-5-7-15-8-6-10)9-14-16-11-3-1-2-4-12(11)17-14/h1-8,13,18H,9H2,(H,16,17). The maximum atomic E-state index is 10.1. The largest absolute Gasteiger partial charge is 0.388 e. The first kappa shape index (κ1) is 10.9. The van der Waals surface area contributed by atoms with Gasteiger partial charge in [-0.2, -0.15) is 0 Å². The molecule has 2 aromatic heterocycles. The Balaban J connectivity index is 1.84. The van der Waals surface area contributed by atoms with E-state index >= 15 is 0 Å². The second-order valence-electron chi connectivity index (χ2n) is 4.20. The third-order valence-electron chi connectivity index (χ3n) is 2.92. The molecule has 0 radical (unpaired) electrons. The minimum absolute atomic E-state index is 0.471. The number of rotatable bonds is 3. The summed E-state index contributed by atoms with van der Waals surface area (Å²) in [5.74, 6) is 0.792. The van der Waals surface area contributed by atoms with Crippen molar-refractivity contribution in [2.75, 3.05) is 0 Å². The van der Waals surface area contributed by atoms with Crippen molar-refractivity contribution in [3.05, 3.63) is 60.2 Å². The van der Waals surface area contributed by atoms with Gasteiger partial charge in [0, 0.05) is 18.8 Å². The van der Waals surface area contributed by atoms with Gasteiger partial charge in [-0.3, -0.25) is 4.98 Å². The molecular weight excluding hydrogens is 226 g/mol. The Bertz CT molecular complexity index is 615. The summed E-state index contributed by atoms with van der Waals surface area (Å²) < 4.78 is 0. The lowest BCUT2D eigenvalue weighted by Gasteiger charge is -2.08. The number of nitrogens with zero attached hydrogens (tertiary/aromatic N) is 2. The molecule has 0 saturated carbocycles. The number of H-pyrrole nitrogens is 1. The summed E-state index contributed by atoms with van der Waals surface area (Å²) >= 11 is 0. The van der Waals surface area contributed by atoms with Crippen LogP contribution in [-0.4, -0.2) is 20.1 Å². The van der Waals surface area contributed by atoms with Crippen LogP contribution in [0.3, 0.4) is 0 Å². The number of nitrogens with one attached hydrogen (secondary N) is 1. The third-order valence-corrected chi connectivity index (χ3v) is 2.92. The van der Waals surface area contributed by atoms with Crippen LogP contribution in [0, 0.1) is 0 Å². The van der Waals surface area contributed by atoms with E-state index in [0.717, 1.165) is 22.4 Å². The lowest BCUT2D eigenvalue weighted by molar-refractivity contribution is 0.176. The number of aromatic nitrogens is 3. The molecule has 0 fully saturated rings. The highest BCUT2D eigenvalue weighted by molar-refractivity contribution is 5.74. The highest BCUT2D eigenvalue weighted by Gasteiger charge is 2.11. The van der Waals surface area contributed by atoms with Gasteiger partial charge in [-0.15, -0.1) is 0 Å². The van der Waals surface area contributed by atoms with Gasteiger partial charge in [0.25, 0.3) is 0 Å². The Morgan fingerprint density at radius 1 is 1.11 bits per heavy atom. The van der Waals surface area contributed by atoms with Crippen LogP contribution in [-0.2, 0) is 6.42 Å². The number of para-hydroxylation sites is 2. The van der Waals surface area contributed by atoms with E-state index in [1.54, 1.807) is 12.4 Å². The van der Waals surface area contributed by atoms with E-state index in [4.69, 9.17) is 0 Å². The van der Waals surface area contributed by atoms with Crippen LogP contribution < -0.4 is 0 Å². The number of pyridine rings is 1. The van der Waals surface area contributed by atoms with E-state index in [1.165, 1.54) is 0 Å². The second kappa shape index (κ2) is 4.58. The Labute approximate surface area is 104 Å². The number of aliphatic hydroxyl groups is 1. The zero-order chi connectivity index (χ0) is 12.4. The Hall–Kier alpha value is -2.20. The van der Waals surface area contributed by atoms with Crippen LogP contribution in [0.25, 0.3) is 11.0 Å². The van der Waals surface area contributed by atoms with Crippen LogP contribution in [0.1, 0.15) is 17.5 Å². The lowest BCUT2D eigenvalue weighted by atomic mass is 10.1. The maximum Gasteiger partial charge on any atom is 0.110 e. The van der Waals surface area contributed by atoms with E-state index < -0.39 is 6.10 Å². The number of hydrogen-bond acceptors (Lipinski definition) is 3. The third kappa shape index (κ3) is 2.10. The molecular formula is C14H13N3O. The van der Waals surface area contributed by atoms with Crippen molar-refractivity contribution in [1.29, 1.82) is 0 Å². The molecule has 3 rings (SSSR count). The van der Waals surface area contributed by atoms with Gasteiger partial charge in [-0.25, -0.2) is 4.98 Å². The van der Waals surface area contributed by atoms with E-state index in [9.17, 15) is 5.11 Å². The fraction of sp³-hybridized carbons (Fsp3) is 0.143. The van der Waals surface area contributed by atoms with E-state index in [1.807, 2.05) is 36.4 Å². The monoisotopic (exact) mass is 239 g/mol. The number of aromatic amines is 1. The van der Waals surface area contributed by atoms with Crippen LogP contribution in [0.15, 0.2) is 48.8 Å². The highest BCUT2D eigenvalue weighted by Crippen LogP contribution is 2.18. The van der Waals surface area contributed by atoms with Gasteiger partial charge in [0.15, 0.2) is 0 Å². The molecule has 0 saturated heterocycles. The van der Waals surface area contributed by atoms with Crippen molar-refractivity contribution in [2.24, 2.45) is 0 Å². The Morgan fingerprint density at radius 3 is 2.67 bits per heavy atom. The molecule has 1 unspecified atom stereocenters. The molecule has 18 heavy (non-hydrogen) atoms. The topological polar surface area (TPSA) is 61.8 Å². The molecule has 1 aromatic carbocycles. The molecule has 0 spiro atoms. The van der Waals surface area contributed by atoms with E-state index in [0.29, 0.717) is 6.42 Å². The van der Waals surface area contributed by atoms with Crippen molar-refractivity contribution in [3.8, 4) is 0 Å². The average molecular weight is 239 g/mol. The Morgan fingerprint density at radius 2 is 1.89 bits per heavy atom. The zero-order valence-corrected chi connectivity index (χ0v) is 9.74. The summed E-state index contributed by atoms with van der Waals surface area (Å²) in [6.07, 6.45) is 3.26. The van der Waals surface area contributed by atoms with E-state index in [-0.39, 0.29) is 0 Å². The summed E-state index contributed by atoms with van der Waals surface area (Å²) in [6, 6.07) is 11.5. The number of fused-ring (bicyclic) bond motifs is 1. The molecule has 3 aromatic rings. The van der Waals surface area contributed by atoms with Crippen molar-refractivity contribution >= 4 is 11.0 Å². The minimum atomic E-state index is -0.562. The lowest BCUT2D eigenvalue weighted by Crippen LogP contribution is -2.03. The van der Waals surface area contributed by atoms with Gasteiger partial charge in [0.05, 0.1) is 17.1 Å². The molecule has 0 aliphatic rings. The van der Waals surface area contributed by atoms with Gasteiger partial charge in [0.2, 0.25) is 0 Å². The molecule has 4 nitrogen and oxygen atoms in total. The maximum absolute atomic E-state index is 10.1. The first-order chi connectivity index (χ1) is 8.83. The fourth-order valence-electron chi connectivity index (χ4n) is 1.99. The molecule has 1 atom stereocenters. The average Bonchev–Trinajstić information content (AvgIpc) is 2.82. The first-order valence-corrected chi connectivity index (χ1v) is 5.84. The molecule has 2 N–H and O–H groups in total. The second-order valence-corrected chi connectivity index (χ2v) is 4.20. The molecule has 90 valence electrons. The SMILES string of the molecule is OC(Cc1nc2ccccc2[nH]1)c1ccncc1. The zero-order valence-electron chi connectivity index (χ0n) is 9.74. The summed E-state index contributed by atoms with van der Waals surface area (Å²) in [7, 11) is 0. The summed E-state index contributed by atoms with van der Waals surface area (Å²) in [4.78, 5) is 11.6. The van der Waals surface area contributed by atoms with Gasteiger partial charge in [-0.1, -0.05) is 12.1 Å². The van der Waals surface area contributed by atoms with Crippen LogP contribution in [0.5, 0.6) is 0 Å². The summed E-state index contributed by atoms with van der Waals surface area (Å²) in [6.45, 7) is 0. The predicted molar refractivity (Wildman–Crippen MR) is 69.0 cm³/mol. The molecule has 0 bridgehead atoms. The van der Waals surface area contributed by atoms with Crippen LogP contribution >= 0.6 is 0 Å². The number of aliphatic hydroxyl groups excluding tert-OH is 1. The highest BCUT2D eigenvalue weighted by atomic mass is 16.3. The van der Waals surface area contributed by atoms with Crippen molar-refractivity contribution in [1.82, 2.24) is 15.0 Å². The van der Waals surface area contributed by atoms with Crippen LogP contribution in [0.4, 0.5) is 0 Å². The minimum Gasteiger partial charge on any atom is -0.388 e. The van der Waals surface area contributed by atoms with Crippen molar-refractivity contribution in [2.45, 2.75) is 12.5 Å². The first-order valence-electron chi connectivity index (χ1n) is 5.84. The summed E-state index contributed by atoms with van der Waals surface area (Å²) in [5, 5.41) is 10.1. The molecule has 0 amide bonds. The number of imidazole rings is 1. The van der Waals surface area contributed by atoms with Crippen LogP contribution in [0.2, 0.25) is 0 Å². The predicted octanol–water partition coefficient (Wildman–Crippen LogP) is 2.23. The molecule has 2 heterocycles. The normalized spacial score (nSPS) is 12.7. The van der Waals surface area contributed by atoms with Crippen molar-refractivity contribution in [3.63, 3.8) is 0 Å². The smallest absolute Gasteiger partial charge is 0.110 e. The number of hydrogen-bond donors (Lipinski definition) is 2. The van der Waals surface area contributed by atoms with Gasteiger partial charge >= 0.3 is 0 Å². The quantitative estimate of drug-likeness (QED) is 0.736. The van der Waals surface area contributed by atoms with Crippen molar-refractivity contribution < 1.29 is 5.11 Å². The molecule has 0 aliphatic carbocycles.